The SMILES string of the molecule is CC(C)NC(=O)c1nnc2n1CCN1CCN(C(=O)c3ccnc(F)c3)C[C@H]21. The van der Waals surface area contributed by atoms with Crippen molar-refractivity contribution in [2.24, 2.45) is 0 Å². The van der Waals surface area contributed by atoms with Gasteiger partial charge in [0, 0.05) is 56.6 Å². The minimum absolute atomic E-state index is 0.00379. The zero-order chi connectivity index (χ0) is 19.8. The number of aromatic nitrogens is 4. The maximum Gasteiger partial charge on any atom is 0.289 e. The molecule has 1 saturated heterocycles. The highest BCUT2D eigenvalue weighted by molar-refractivity contribution is 5.94. The van der Waals surface area contributed by atoms with Crippen molar-refractivity contribution in [2.45, 2.75) is 32.5 Å². The predicted octanol–water partition coefficient (Wildman–Crippen LogP) is 0.463. The number of pyridine rings is 1. The second-order valence-electron chi connectivity index (χ2n) is 7.33. The number of piperazine rings is 1. The van der Waals surface area contributed by atoms with Crippen molar-refractivity contribution in [2.75, 3.05) is 26.2 Å². The van der Waals surface area contributed by atoms with Crippen molar-refractivity contribution >= 4 is 11.8 Å². The molecular formula is C18H22FN7O2. The molecule has 4 rings (SSSR count). The van der Waals surface area contributed by atoms with Crippen LogP contribution < -0.4 is 5.32 Å². The van der Waals surface area contributed by atoms with E-state index in [1.54, 1.807) is 4.90 Å². The lowest BCUT2D eigenvalue weighted by Gasteiger charge is -2.43. The van der Waals surface area contributed by atoms with Crippen molar-refractivity contribution < 1.29 is 14.0 Å². The van der Waals surface area contributed by atoms with E-state index in [2.05, 4.69) is 25.4 Å². The largest absolute Gasteiger partial charge is 0.347 e. The molecule has 28 heavy (non-hydrogen) atoms. The summed E-state index contributed by atoms with van der Waals surface area (Å²) in [7, 11) is 0. The molecular weight excluding hydrogens is 365 g/mol. The van der Waals surface area contributed by atoms with Gasteiger partial charge in [0.25, 0.3) is 11.8 Å². The fourth-order valence-electron chi connectivity index (χ4n) is 3.74. The van der Waals surface area contributed by atoms with Crippen molar-refractivity contribution in [3.8, 4) is 0 Å². The molecule has 0 aliphatic carbocycles. The maximum atomic E-state index is 13.4. The first-order chi connectivity index (χ1) is 13.4. The van der Waals surface area contributed by atoms with Gasteiger partial charge in [0.15, 0.2) is 5.82 Å². The first-order valence-electron chi connectivity index (χ1n) is 9.33. The molecule has 0 bridgehead atoms. The van der Waals surface area contributed by atoms with E-state index in [9.17, 15) is 14.0 Å². The highest BCUT2D eigenvalue weighted by Crippen LogP contribution is 2.29. The number of fused-ring (bicyclic) bond motifs is 3. The van der Waals surface area contributed by atoms with Crippen LogP contribution in [0, 0.1) is 5.95 Å². The van der Waals surface area contributed by atoms with Crippen LogP contribution in [0.1, 0.15) is 46.7 Å². The Hall–Kier alpha value is -2.88. The van der Waals surface area contributed by atoms with E-state index in [4.69, 9.17) is 0 Å². The Labute approximate surface area is 161 Å². The predicted molar refractivity (Wildman–Crippen MR) is 97.0 cm³/mol. The van der Waals surface area contributed by atoms with Crippen LogP contribution >= 0.6 is 0 Å². The number of nitrogens with zero attached hydrogens (tertiary/aromatic N) is 6. The number of hydrogen-bond acceptors (Lipinski definition) is 6. The van der Waals surface area contributed by atoms with Gasteiger partial charge in [-0.2, -0.15) is 4.39 Å². The van der Waals surface area contributed by atoms with Crippen LogP contribution in [0.15, 0.2) is 18.3 Å². The summed E-state index contributed by atoms with van der Waals surface area (Å²) in [5.41, 5.74) is 0.273. The molecule has 0 unspecified atom stereocenters. The van der Waals surface area contributed by atoms with E-state index < -0.39 is 5.95 Å². The van der Waals surface area contributed by atoms with Gasteiger partial charge in [-0.15, -0.1) is 10.2 Å². The standard InChI is InChI=1S/C18H22FN7O2/c1-11(2)21-17(27)16-23-22-15-13-10-25(6-5-24(13)7-8-26(15)16)18(28)12-3-4-20-14(19)9-12/h3-4,9,11,13H,5-8,10H2,1-2H3,(H,21,27)/t13-/m1/s1. The van der Waals surface area contributed by atoms with Crippen LogP contribution in [0.25, 0.3) is 0 Å². The van der Waals surface area contributed by atoms with Gasteiger partial charge in [-0.05, 0) is 19.9 Å². The lowest BCUT2D eigenvalue weighted by atomic mass is 10.1. The van der Waals surface area contributed by atoms with E-state index >= 15 is 0 Å². The number of nitrogens with one attached hydrogen (secondary N) is 1. The third kappa shape index (κ3) is 3.35. The molecule has 1 atom stereocenters. The molecule has 0 saturated carbocycles. The maximum absolute atomic E-state index is 13.4. The highest BCUT2D eigenvalue weighted by Gasteiger charge is 2.38. The van der Waals surface area contributed by atoms with E-state index in [0.29, 0.717) is 37.8 Å². The molecule has 1 N–H and O–H groups in total. The number of carbonyl (C=O) groups excluding carboxylic acids is 2. The first-order valence-corrected chi connectivity index (χ1v) is 9.33. The van der Waals surface area contributed by atoms with Crippen molar-refractivity contribution in [1.29, 1.82) is 0 Å². The summed E-state index contributed by atoms with van der Waals surface area (Å²) in [4.78, 5) is 32.6. The molecule has 10 heteroatoms. The summed E-state index contributed by atoms with van der Waals surface area (Å²) >= 11 is 0. The summed E-state index contributed by atoms with van der Waals surface area (Å²) in [5, 5.41) is 11.2. The molecule has 2 amide bonds. The molecule has 2 aromatic rings. The Morgan fingerprint density at radius 2 is 2.00 bits per heavy atom. The zero-order valence-electron chi connectivity index (χ0n) is 15.8. The molecule has 148 valence electrons. The molecule has 2 aliphatic rings. The smallest absolute Gasteiger partial charge is 0.289 e. The molecule has 1 fully saturated rings. The normalized spacial score (nSPS) is 19.3. The average molecular weight is 387 g/mol. The van der Waals surface area contributed by atoms with Crippen LogP contribution in [0.4, 0.5) is 4.39 Å². The van der Waals surface area contributed by atoms with Gasteiger partial charge in [0.1, 0.15) is 0 Å². The summed E-state index contributed by atoms with van der Waals surface area (Å²) in [5.74, 6) is -0.196. The van der Waals surface area contributed by atoms with Crippen LogP contribution in [0.3, 0.4) is 0 Å². The molecule has 2 aromatic heterocycles. The van der Waals surface area contributed by atoms with Crippen LogP contribution in [-0.2, 0) is 6.54 Å². The van der Waals surface area contributed by atoms with Gasteiger partial charge in [-0.1, -0.05) is 0 Å². The van der Waals surface area contributed by atoms with Crippen molar-refractivity contribution in [3.05, 3.63) is 41.5 Å². The number of halogens is 1. The molecule has 0 radical (unpaired) electrons. The molecule has 9 nitrogen and oxygen atoms in total. The van der Waals surface area contributed by atoms with E-state index in [0.717, 1.165) is 12.6 Å². The summed E-state index contributed by atoms with van der Waals surface area (Å²) < 4.78 is 15.2. The average Bonchev–Trinajstić information content (AvgIpc) is 3.11. The van der Waals surface area contributed by atoms with Gasteiger partial charge >= 0.3 is 0 Å². The number of rotatable bonds is 3. The lowest BCUT2D eigenvalue weighted by Crippen LogP contribution is -2.53. The number of carbonyl (C=O) groups is 2. The number of hydrogen-bond donors (Lipinski definition) is 1. The van der Waals surface area contributed by atoms with Gasteiger partial charge in [0.05, 0.1) is 6.04 Å². The third-order valence-electron chi connectivity index (χ3n) is 5.06. The lowest BCUT2D eigenvalue weighted by molar-refractivity contribution is 0.0372. The summed E-state index contributed by atoms with van der Waals surface area (Å²) in [6.45, 7) is 6.80. The fraction of sp³-hybridized carbons (Fsp3) is 0.500. The molecule has 2 aliphatic heterocycles. The Kier molecular flexibility index (Phi) is 4.80. The third-order valence-corrected chi connectivity index (χ3v) is 5.06. The molecule has 0 spiro atoms. The Morgan fingerprint density at radius 3 is 2.75 bits per heavy atom. The second-order valence-corrected chi connectivity index (χ2v) is 7.33. The quantitative estimate of drug-likeness (QED) is 0.769. The minimum Gasteiger partial charge on any atom is -0.347 e. The topological polar surface area (TPSA) is 96.3 Å². The van der Waals surface area contributed by atoms with E-state index in [1.165, 1.54) is 12.3 Å². The van der Waals surface area contributed by atoms with Gasteiger partial charge < -0.3 is 14.8 Å². The van der Waals surface area contributed by atoms with Crippen molar-refractivity contribution in [1.82, 2.24) is 34.9 Å². The van der Waals surface area contributed by atoms with Crippen LogP contribution in [-0.4, -0.2) is 73.6 Å². The zero-order valence-corrected chi connectivity index (χ0v) is 15.8. The van der Waals surface area contributed by atoms with Crippen LogP contribution in [0.5, 0.6) is 0 Å². The van der Waals surface area contributed by atoms with Crippen LogP contribution in [0.2, 0.25) is 0 Å². The molecule has 4 heterocycles. The summed E-state index contributed by atoms with van der Waals surface area (Å²) in [6, 6.07) is 2.51. The Morgan fingerprint density at radius 1 is 1.21 bits per heavy atom. The van der Waals surface area contributed by atoms with E-state index in [1.807, 2.05) is 18.4 Å². The minimum atomic E-state index is -0.678. The Bertz CT molecular complexity index is 913. The van der Waals surface area contributed by atoms with Gasteiger partial charge in [-0.25, -0.2) is 4.98 Å². The van der Waals surface area contributed by atoms with Gasteiger partial charge in [-0.3, -0.25) is 14.5 Å². The van der Waals surface area contributed by atoms with Crippen molar-refractivity contribution in [3.63, 3.8) is 0 Å². The summed E-state index contributed by atoms with van der Waals surface area (Å²) in [6.07, 6.45) is 1.29. The monoisotopic (exact) mass is 387 g/mol. The van der Waals surface area contributed by atoms with Gasteiger partial charge in [0.2, 0.25) is 11.8 Å². The second kappa shape index (κ2) is 7.27. The number of amides is 2. The Balaban J connectivity index is 1.56. The molecule has 0 aromatic carbocycles. The highest BCUT2D eigenvalue weighted by atomic mass is 19.1. The fourth-order valence-corrected chi connectivity index (χ4v) is 3.74. The first kappa shape index (κ1) is 18.5. The van der Waals surface area contributed by atoms with E-state index in [-0.39, 0.29) is 29.5 Å².